The van der Waals surface area contributed by atoms with E-state index in [1.807, 2.05) is 0 Å². The van der Waals surface area contributed by atoms with Crippen molar-refractivity contribution < 1.29 is 18.3 Å². The normalized spacial score (nSPS) is 10.8. The number of aryl methyl sites for hydroxylation is 1. The lowest BCUT2D eigenvalue weighted by atomic mass is 10.2. The van der Waals surface area contributed by atoms with Gasteiger partial charge in [0.05, 0.1) is 6.54 Å². The van der Waals surface area contributed by atoms with Gasteiger partial charge >= 0.3 is 0 Å². The number of hydrogen-bond donors (Lipinski definition) is 1. The number of primary amides is 1. The van der Waals surface area contributed by atoms with Crippen molar-refractivity contribution in [3.63, 3.8) is 0 Å². The summed E-state index contributed by atoms with van der Waals surface area (Å²) < 4.78 is 34.1. The molecule has 0 radical (unpaired) electrons. The number of rotatable bonds is 6. The summed E-state index contributed by atoms with van der Waals surface area (Å²) in [6.45, 7) is 1.99. The Bertz CT molecular complexity index is 1000. The van der Waals surface area contributed by atoms with Crippen LogP contribution in [0.25, 0.3) is 0 Å². The predicted molar refractivity (Wildman–Crippen MR) is 96.7 cm³/mol. The molecule has 8 heteroatoms. The van der Waals surface area contributed by atoms with Crippen LogP contribution in [-0.4, -0.2) is 15.7 Å². The molecule has 27 heavy (non-hydrogen) atoms. The molecule has 5 nitrogen and oxygen atoms in total. The Hall–Kier alpha value is -2.93. The van der Waals surface area contributed by atoms with Gasteiger partial charge in [-0.05, 0) is 43.3 Å². The minimum atomic E-state index is -0.681. The highest BCUT2D eigenvalue weighted by atomic mass is 35.5. The first kappa shape index (κ1) is 18.8. The number of halogens is 3. The summed E-state index contributed by atoms with van der Waals surface area (Å²) in [5, 5.41) is 4.65. The summed E-state index contributed by atoms with van der Waals surface area (Å²) >= 11 is 6.08. The lowest BCUT2D eigenvalue weighted by molar-refractivity contribution is 0.0995. The highest BCUT2D eigenvalue weighted by Gasteiger charge is 2.13. The van der Waals surface area contributed by atoms with Gasteiger partial charge < -0.3 is 10.5 Å². The van der Waals surface area contributed by atoms with Crippen LogP contribution < -0.4 is 10.5 Å². The van der Waals surface area contributed by atoms with Crippen LogP contribution in [0.4, 0.5) is 8.78 Å². The summed E-state index contributed by atoms with van der Waals surface area (Å²) in [7, 11) is 0. The molecule has 140 valence electrons. The molecule has 0 saturated carbocycles. The van der Waals surface area contributed by atoms with E-state index in [9.17, 15) is 13.6 Å². The summed E-state index contributed by atoms with van der Waals surface area (Å²) in [6, 6.07) is 9.89. The molecule has 0 spiro atoms. The highest BCUT2D eigenvalue weighted by Crippen LogP contribution is 2.25. The maximum atomic E-state index is 13.8. The Kier molecular flexibility index (Phi) is 5.41. The van der Waals surface area contributed by atoms with Crippen LogP contribution in [0.2, 0.25) is 5.02 Å². The molecule has 0 unspecified atom stereocenters. The van der Waals surface area contributed by atoms with Crippen LogP contribution in [-0.2, 0) is 13.2 Å². The van der Waals surface area contributed by atoms with E-state index in [2.05, 4.69) is 5.10 Å². The molecule has 0 aliphatic carbocycles. The van der Waals surface area contributed by atoms with E-state index in [0.717, 1.165) is 11.8 Å². The molecular weight excluding hydrogens is 376 g/mol. The Morgan fingerprint density at radius 2 is 1.96 bits per heavy atom. The van der Waals surface area contributed by atoms with Gasteiger partial charge in [-0.1, -0.05) is 11.6 Å². The first-order chi connectivity index (χ1) is 12.8. The van der Waals surface area contributed by atoms with Crippen molar-refractivity contribution in [1.29, 1.82) is 0 Å². The largest absolute Gasteiger partial charge is 0.488 e. The Balaban J connectivity index is 1.84. The number of nitrogens with two attached hydrogens (primary N) is 1. The number of benzene rings is 2. The third kappa shape index (κ3) is 4.43. The van der Waals surface area contributed by atoms with Gasteiger partial charge in [-0.3, -0.25) is 9.48 Å². The smallest absolute Gasteiger partial charge is 0.269 e. The lowest BCUT2D eigenvalue weighted by Gasteiger charge is -2.13. The van der Waals surface area contributed by atoms with Gasteiger partial charge in [-0.15, -0.1) is 0 Å². The second-order valence-electron chi connectivity index (χ2n) is 5.97. The van der Waals surface area contributed by atoms with Gasteiger partial charge in [-0.25, -0.2) is 8.78 Å². The van der Waals surface area contributed by atoms with Gasteiger partial charge in [0.25, 0.3) is 5.91 Å². The number of nitrogens with zero attached hydrogens (tertiary/aromatic N) is 2. The highest BCUT2D eigenvalue weighted by molar-refractivity contribution is 6.30. The fourth-order valence-corrected chi connectivity index (χ4v) is 2.75. The summed E-state index contributed by atoms with van der Waals surface area (Å²) in [6.07, 6.45) is 0. The number of amides is 1. The van der Waals surface area contributed by atoms with E-state index in [1.165, 1.54) is 12.1 Å². The number of carbonyl (C=O) groups excluding carboxylic acids is 1. The van der Waals surface area contributed by atoms with E-state index in [-0.39, 0.29) is 24.4 Å². The molecule has 0 aliphatic heterocycles. The molecular formula is C19H16ClF2N3O2. The van der Waals surface area contributed by atoms with Crippen LogP contribution in [0, 0.1) is 18.6 Å². The zero-order valence-electron chi connectivity index (χ0n) is 14.4. The molecule has 1 aromatic heterocycles. The minimum Gasteiger partial charge on any atom is -0.488 e. The van der Waals surface area contributed by atoms with Crippen LogP contribution in [0.3, 0.4) is 0 Å². The molecule has 0 fully saturated rings. The number of ether oxygens (including phenoxy) is 1. The standard InChI is InChI=1S/C19H16ClF2N3O2/c1-11-6-17(19(23)26)24-25(11)9-13-7-14(20)3-5-18(13)27-10-12-2-4-15(21)8-16(12)22/h2-8H,9-10H2,1H3,(H2,23,26). The third-order valence-electron chi connectivity index (χ3n) is 3.97. The fourth-order valence-electron chi connectivity index (χ4n) is 2.56. The first-order valence-electron chi connectivity index (χ1n) is 8.03. The van der Waals surface area contributed by atoms with Crippen LogP contribution in [0.1, 0.15) is 27.3 Å². The van der Waals surface area contributed by atoms with Crippen molar-refractivity contribution in [2.45, 2.75) is 20.1 Å². The third-order valence-corrected chi connectivity index (χ3v) is 4.21. The van der Waals surface area contributed by atoms with Crippen molar-refractivity contribution in [3.05, 3.63) is 81.6 Å². The average molecular weight is 392 g/mol. The molecule has 0 bridgehead atoms. The molecule has 3 rings (SSSR count). The zero-order chi connectivity index (χ0) is 19.6. The van der Waals surface area contributed by atoms with Crippen molar-refractivity contribution >= 4 is 17.5 Å². The number of hydrogen-bond acceptors (Lipinski definition) is 3. The number of aromatic nitrogens is 2. The second-order valence-corrected chi connectivity index (χ2v) is 6.41. The summed E-state index contributed by atoms with van der Waals surface area (Å²) in [5.74, 6) is -1.48. The predicted octanol–water partition coefficient (Wildman–Crippen LogP) is 3.85. The van der Waals surface area contributed by atoms with Crippen molar-refractivity contribution in [2.24, 2.45) is 5.73 Å². The molecule has 3 aromatic rings. The van der Waals surface area contributed by atoms with Crippen LogP contribution in [0.5, 0.6) is 5.75 Å². The monoisotopic (exact) mass is 391 g/mol. The first-order valence-corrected chi connectivity index (χ1v) is 8.40. The maximum Gasteiger partial charge on any atom is 0.269 e. The Labute approximate surface area is 159 Å². The molecule has 2 N–H and O–H groups in total. The minimum absolute atomic E-state index is 0.0780. The van der Waals surface area contributed by atoms with Gasteiger partial charge in [-0.2, -0.15) is 5.10 Å². The topological polar surface area (TPSA) is 70.1 Å². The maximum absolute atomic E-state index is 13.8. The van der Waals surface area contributed by atoms with Crippen molar-refractivity contribution in [1.82, 2.24) is 9.78 Å². The SMILES string of the molecule is Cc1cc(C(N)=O)nn1Cc1cc(Cl)ccc1OCc1ccc(F)cc1F. The van der Waals surface area contributed by atoms with Gasteiger partial charge in [0, 0.05) is 27.9 Å². The van der Waals surface area contributed by atoms with Gasteiger partial charge in [0.2, 0.25) is 0 Å². The summed E-state index contributed by atoms with van der Waals surface area (Å²) in [4.78, 5) is 11.3. The molecule has 0 aliphatic rings. The quantitative estimate of drug-likeness (QED) is 0.693. The van der Waals surface area contributed by atoms with E-state index >= 15 is 0 Å². The van der Waals surface area contributed by atoms with Gasteiger partial charge in [0.1, 0.15) is 29.7 Å². The van der Waals surface area contributed by atoms with E-state index in [0.29, 0.717) is 16.3 Å². The van der Waals surface area contributed by atoms with E-state index < -0.39 is 17.5 Å². The van der Waals surface area contributed by atoms with E-state index in [1.54, 1.807) is 35.9 Å². The Morgan fingerprint density at radius 1 is 1.19 bits per heavy atom. The molecule has 1 amide bonds. The van der Waals surface area contributed by atoms with Gasteiger partial charge in [0.15, 0.2) is 0 Å². The molecule has 1 heterocycles. The van der Waals surface area contributed by atoms with Crippen molar-refractivity contribution in [2.75, 3.05) is 0 Å². The zero-order valence-corrected chi connectivity index (χ0v) is 15.1. The second kappa shape index (κ2) is 7.75. The van der Waals surface area contributed by atoms with Crippen LogP contribution in [0.15, 0.2) is 42.5 Å². The van der Waals surface area contributed by atoms with E-state index in [4.69, 9.17) is 22.1 Å². The molecule has 2 aromatic carbocycles. The van der Waals surface area contributed by atoms with Crippen LogP contribution >= 0.6 is 11.6 Å². The summed E-state index contributed by atoms with van der Waals surface area (Å²) in [5.41, 5.74) is 7.06. The average Bonchev–Trinajstić information content (AvgIpc) is 2.97. The fraction of sp³-hybridized carbons (Fsp3) is 0.158. The lowest BCUT2D eigenvalue weighted by Crippen LogP contribution is -2.13. The Morgan fingerprint density at radius 3 is 2.63 bits per heavy atom. The number of carbonyl (C=O) groups is 1. The van der Waals surface area contributed by atoms with Crippen molar-refractivity contribution in [3.8, 4) is 5.75 Å². The molecule has 0 atom stereocenters. The molecule has 0 saturated heterocycles.